The minimum Gasteiger partial charge on any atom is -0.344 e. The van der Waals surface area contributed by atoms with Gasteiger partial charge in [0.1, 0.15) is 22.3 Å². The zero-order chi connectivity index (χ0) is 16.4. The van der Waals surface area contributed by atoms with E-state index in [4.69, 9.17) is 5.73 Å². The lowest BCUT2D eigenvalue weighted by Gasteiger charge is -2.28. The highest BCUT2D eigenvalue weighted by Crippen LogP contribution is 2.31. The Morgan fingerprint density at radius 3 is 2.50 bits per heavy atom. The van der Waals surface area contributed by atoms with E-state index in [-0.39, 0.29) is 40.1 Å². The van der Waals surface area contributed by atoms with Crippen molar-refractivity contribution in [1.29, 1.82) is 0 Å². The summed E-state index contributed by atoms with van der Waals surface area (Å²) in [5.41, 5.74) is 5.37. The fourth-order valence-electron chi connectivity index (χ4n) is 2.93. The molecular formula is C16H18ClF2N3OS. The first-order chi connectivity index (χ1) is 11.0. The molecule has 0 spiro atoms. The van der Waals surface area contributed by atoms with Gasteiger partial charge in [-0.25, -0.2) is 13.8 Å². The third-order valence-electron chi connectivity index (χ3n) is 4.24. The molecule has 0 radical (unpaired) electrons. The quantitative estimate of drug-likeness (QED) is 0.861. The summed E-state index contributed by atoms with van der Waals surface area (Å²) < 4.78 is 27.6. The van der Waals surface area contributed by atoms with E-state index in [1.807, 2.05) is 0 Å². The van der Waals surface area contributed by atoms with E-state index in [2.05, 4.69) is 10.3 Å². The SMILES string of the molecule is Cl.NCC1(NC(=O)c2csc(-c3c(F)cccc3F)n2)CCCC1. The summed E-state index contributed by atoms with van der Waals surface area (Å²) in [4.78, 5) is 16.5. The van der Waals surface area contributed by atoms with Gasteiger partial charge in [-0.05, 0) is 25.0 Å². The van der Waals surface area contributed by atoms with Crippen LogP contribution in [0.25, 0.3) is 10.6 Å². The van der Waals surface area contributed by atoms with Crippen molar-refractivity contribution in [2.45, 2.75) is 31.2 Å². The van der Waals surface area contributed by atoms with Crippen molar-refractivity contribution in [3.8, 4) is 10.6 Å². The van der Waals surface area contributed by atoms with E-state index in [9.17, 15) is 13.6 Å². The highest BCUT2D eigenvalue weighted by molar-refractivity contribution is 7.13. The minimum atomic E-state index is -0.694. The lowest BCUT2D eigenvalue weighted by atomic mass is 9.98. The molecule has 24 heavy (non-hydrogen) atoms. The molecule has 8 heteroatoms. The molecule has 130 valence electrons. The van der Waals surface area contributed by atoms with Crippen LogP contribution in [-0.4, -0.2) is 23.0 Å². The minimum absolute atomic E-state index is 0. The number of thiazole rings is 1. The highest BCUT2D eigenvalue weighted by Gasteiger charge is 2.34. The van der Waals surface area contributed by atoms with E-state index in [0.717, 1.165) is 37.0 Å². The van der Waals surface area contributed by atoms with Gasteiger partial charge >= 0.3 is 0 Å². The number of carbonyl (C=O) groups excluding carboxylic acids is 1. The van der Waals surface area contributed by atoms with Crippen LogP contribution in [0, 0.1) is 11.6 Å². The number of nitrogens with one attached hydrogen (secondary N) is 1. The van der Waals surface area contributed by atoms with Gasteiger partial charge in [0.25, 0.3) is 5.91 Å². The van der Waals surface area contributed by atoms with Gasteiger partial charge in [0.2, 0.25) is 0 Å². The van der Waals surface area contributed by atoms with Gasteiger partial charge in [-0.15, -0.1) is 23.7 Å². The molecule has 1 aromatic heterocycles. The smallest absolute Gasteiger partial charge is 0.271 e. The Bertz CT molecular complexity index is 712. The molecule has 3 N–H and O–H groups in total. The lowest BCUT2D eigenvalue weighted by molar-refractivity contribution is 0.0898. The van der Waals surface area contributed by atoms with Crippen LogP contribution in [0.4, 0.5) is 8.78 Å². The summed E-state index contributed by atoms with van der Waals surface area (Å²) in [7, 11) is 0. The summed E-state index contributed by atoms with van der Waals surface area (Å²) in [6.45, 7) is 0.373. The molecule has 1 fully saturated rings. The molecule has 1 aliphatic rings. The first-order valence-electron chi connectivity index (χ1n) is 7.47. The third kappa shape index (κ3) is 3.58. The molecule has 0 bridgehead atoms. The van der Waals surface area contributed by atoms with Gasteiger partial charge in [0.05, 0.1) is 11.1 Å². The Morgan fingerprint density at radius 1 is 1.29 bits per heavy atom. The number of amides is 1. The topological polar surface area (TPSA) is 68.0 Å². The predicted molar refractivity (Wildman–Crippen MR) is 92.4 cm³/mol. The number of nitrogens with zero attached hydrogens (tertiary/aromatic N) is 1. The van der Waals surface area contributed by atoms with Crippen LogP contribution in [-0.2, 0) is 0 Å². The summed E-state index contributed by atoms with van der Waals surface area (Å²) in [5.74, 6) is -1.74. The van der Waals surface area contributed by atoms with Crippen LogP contribution < -0.4 is 11.1 Å². The summed E-state index contributed by atoms with van der Waals surface area (Å²) >= 11 is 1.04. The fraction of sp³-hybridized carbons (Fsp3) is 0.375. The average molecular weight is 374 g/mol. The second-order valence-electron chi connectivity index (χ2n) is 5.78. The number of benzene rings is 1. The van der Waals surface area contributed by atoms with E-state index in [0.29, 0.717) is 6.54 Å². The van der Waals surface area contributed by atoms with Crippen LogP contribution in [0.15, 0.2) is 23.6 Å². The maximum atomic E-state index is 13.8. The first kappa shape index (κ1) is 18.8. The Kier molecular flexibility index (Phi) is 5.90. The van der Waals surface area contributed by atoms with E-state index in [1.165, 1.54) is 23.6 Å². The molecule has 0 atom stereocenters. The number of carbonyl (C=O) groups is 1. The molecule has 1 saturated carbocycles. The summed E-state index contributed by atoms with van der Waals surface area (Å²) in [5, 5.41) is 4.61. The molecule has 1 aliphatic carbocycles. The molecule has 1 aromatic carbocycles. The van der Waals surface area contributed by atoms with Crippen LogP contribution >= 0.6 is 23.7 Å². The van der Waals surface area contributed by atoms with Gasteiger partial charge in [-0.1, -0.05) is 18.9 Å². The number of hydrogen-bond donors (Lipinski definition) is 2. The van der Waals surface area contributed by atoms with Crippen molar-refractivity contribution in [3.63, 3.8) is 0 Å². The number of nitrogens with two attached hydrogens (primary N) is 1. The van der Waals surface area contributed by atoms with Crippen LogP contribution in [0.2, 0.25) is 0 Å². The van der Waals surface area contributed by atoms with Gasteiger partial charge < -0.3 is 11.1 Å². The number of rotatable bonds is 4. The monoisotopic (exact) mass is 373 g/mol. The van der Waals surface area contributed by atoms with Gasteiger partial charge in [0, 0.05) is 11.9 Å². The van der Waals surface area contributed by atoms with E-state index in [1.54, 1.807) is 0 Å². The number of hydrogen-bond acceptors (Lipinski definition) is 4. The second kappa shape index (κ2) is 7.55. The van der Waals surface area contributed by atoms with Crippen LogP contribution in [0.3, 0.4) is 0 Å². The summed E-state index contributed by atoms with van der Waals surface area (Å²) in [6.07, 6.45) is 3.74. The molecule has 0 unspecified atom stereocenters. The van der Waals surface area contributed by atoms with Crippen molar-refractivity contribution >= 4 is 29.7 Å². The molecular weight excluding hydrogens is 356 g/mol. The Labute approximate surface area is 148 Å². The zero-order valence-electron chi connectivity index (χ0n) is 12.9. The maximum absolute atomic E-state index is 13.8. The molecule has 1 heterocycles. The van der Waals surface area contributed by atoms with Crippen molar-refractivity contribution in [2.24, 2.45) is 5.73 Å². The van der Waals surface area contributed by atoms with Crippen molar-refractivity contribution in [3.05, 3.63) is 40.9 Å². The standard InChI is InChI=1S/C16H17F2N3OS.ClH/c17-10-4-3-5-11(18)13(10)15-20-12(8-23-15)14(22)21-16(9-19)6-1-2-7-16;/h3-5,8H,1-2,6-7,9,19H2,(H,21,22);1H. The fourth-order valence-corrected chi connectivity index (χ4v) is 3.78. The molecule has 1 amide bonds. The molecule has 4 nitrogen and oxygen atoms in total. The average Bonchev–Trinajstić information content (AvgIpc) is 3.17. The van der Waals surface area contributed by atoms with Crippen LogP contribution in [0.1, 0.15) is 36.2 Å². The van der Waals surface area contributed by atoms with Crippen molar-refractivity contribution < 1.29 is 13.6 Å². The van der Waals surface area contributed by atoms with E-state index >= 15 is 0 Å². The Morgan fingerprint density at radius 2 is 1.92 bits per heavy atom. The third-order valence-corrected chi connectivity index (χ3v) is 5.10. The van der Waals surface area contributed by atoms with Gasteiger partial charge in [0.15, 0.2) is 0 Å². The van der Waals surface area contributed by atoms with E-state index < -0.39 is 11.6 Å². The Hall–Kier alpha value is -1.57. The second-order valence-corrected chi connectivity index (χ2v) is 6.64. The first-order valence-corrected chi connectivity index (χ1v) is 8.35. The number of aromatic nitrogens is 1. The highest BCUT2D eigenvalue weighted by atomic mass is 35.5. The molecule has 0 saturated heterocycles. The predicted octanol–water partition coefficient (Wildman–Crippen LogP) is 3.51. The van der Waals surface area contributed by atoms with Crippen molar-refractivity contribution in [2.75, 3.05) is 6.54 Å². The molecule has 2 aromatic rings. The lowest BCUT2D eigenvalue weighted by Crippen LogP contribution is -2.51. The largest absolute Gasteiger partial charge is 0.344 e. The van der Waals surface area contributed by atoms with Gasteiger partial charge in [-0.2, -0.15) is 0 Å². The normalized spacial score (nSPS) is 15.8. The zero-order valence-corrected chi connectivity index (χ0v) is 14.5. The number of halogens is 3. The van der Waals surface area contributed by atoms with Crippen molar-refractivity contribution in [1.82, 2.24) is 10.3 Å². The maximum Gasteiger partial charge on any atom is 0.271 e. The summed E-state index contributed by atoms with van der Waals surface area (Å²) in [6, 6.07) is 3.63. The van der Waals surface area contributed by atoms with Gasteiger partial charge in [-0.3, -0.25) is 4.79 Å². The molecule has 0 aliphatic heterocycles. The Balaban J connectivity index is 0.00000208. The van der Waals surface area contributed by atoms with Crippen LogP contribution in [0.5, 0.6) is 0 Å². The molecule has 3 rings (SSSR count).